The monoisotopic (exact) mass is 610 g/mol. The van der Waals surface area contributed by atoms with E-state index in [-0.39, 0.29) is 0 Å². The number of hydrogen-bond donors (Lipinski definition) is 0. The van der Waals surface area contributed by atoms with Crippen molar-refractivity contribution in [1.82, 2.24) is 9.13 Å². The maximum atomic E-state index is 8.35. The van der Waals surface area contributed by atoms with Crippen molar-refractivity contribution in [2.24, 2.45) is 0 Å². The fourth-order valence-corrected chi connectivity index (χ4v) is 7.37. The predicted octanol–water partition coefficient (Wildman–Crippen LogP) is 12.3. The molecule has 0 spiro atoms. The number of fused-ring (bicyclic) bond motifs is 6. The molecule has 0 atom stereocenters. The van der Waals surface area contributed by atoms with E-state index in [0.29, 0.717) is 11.4 Å². The lowest BCUT2D eigenvalue weighted by Crippen LogP contribution is -1.99. The standard InChI is InChI=1S/C44H26N4/c1-45-37-27-26-31(29-14-13-15-30(28-29)47-38-21-8-3-16-32(38)33-17-4-9-22-39(33)47)43(44(37)46-2)36-20-7-12-25-42(36)48-40-23-10-5-18-34(40)35-19-6-11-24-41(35)48/h3-28H. The zero-order valence-electron chi connectivity index (χ0n) is 25.8. The van der Waals surface area contributed by atoms with Gasteiger partial charge in [-0.1, -0.05) is 115 Å². The van der Waals surface area contributed by atoms with E-state index in [4.69, 9.17) is 13.1 Å². The molecule has 7 aromatic carbocycles. The first-order chi connectivity index (χ1) is 23.8. The molecule has 0 saturated carbocycles. The van der Waals surface area contributed by atoms with Crippen LogP contribution in [0.15, 0.2) is 158 Å². The first-order valence-corrected chi connectivity index (χ1v) is 15.9. The Bertz CT molecular complexity index is 2710. The molecule has 0 N–H and O–H groups in total. The van der Waals surface area contributed by atoms with Gasteiger partial charge >= 0.3 is 0 Å². The van der Waals surface area contributed by atoms with Gasteiger partial charge in [-0.05, 0) is 64.7 Å². The molecule has 0 aliphatic rings. The Morgan fingerprint density at radius 2 is 0.938 bits per heavy atom. The number of aromatic nitrogens is 2. The van der Waals surface area contributed by atoms with Gasteiger partial charge in [0.25, 0.3) is 0 Å². The second-order valence-corrected chi connectivity index (χ2v) is 11.9. The average molecular weight is 611 g/mol. The second kappa shape index (κ2) is 10.9. The van der Waals surface area contributed by atoms with Gasteiger partial charge in [-0.2, -0.15) is 0 Å². The fourth-order valence-electron chi connectivity index (χ4n) is 7.37. The Balaban J connectivity index is 1.33. The van der Waals surface area contributed by atoms with Gasteiger partial charge in [0.2, 0.25) is 5.69 Å². The van der Waals surface area contributed by atoms with Crippen molar-refractivity contribution in [2.45, 2.75) is 0 Å². The number of nitrogens with zero attached hydrogens (tertiary/aromatic N) is 4. The lowest BCUT2D eigenvalue weighted by Gasteiger charge is -2.19. The molecule has 9 rings (SSSR count). The molecule has 0 amide bonds. The van der Waals surface area contributed by atoms with Crippen LogP contribution < -0.4 is 0 Å². The van der Waals surface area contributed by atoms with E-state index in [1.54, 1.807) is 6.07 Å². The van der Waals surface area contributed by atoms with Gasteiger partial charge in [0.15, 0.2) is 5.69 Å². The minimum atomic E-state index is 0.347. The van der Waals surface area contributed by atoms with Crippen LogP contribution in [0.3, 0.4) is 0 Å². The lowest BCUT2D eigenvalue weighted by atomic mass is 9.91. The molecule has 2 aromatic heterocycles. The molecular formula is C44H26N4. The van der Waals surface area contributed by atoms with E-state index in [9.17, 15) is 0 Å². The number of benzene rings is 7. The maximum Gasteiger partial charge on any atom is 0.202 e. The molecule has 2 heterocycles. The zero-order valence-corrected chi connectivity index (χ0v) is 25.8. The molecule has 0 unspecified atom stereocenters. The summed E-state index contributed by atoms with van der Waals surface area (Å²) >= 11 is 0. The molecule has 0 aliphatic heterocycles. The predicted molar refractivity (Wildman–Crippen MR) is 199 cm³/mol. The Morgan fingerprint density at radius 1 is 0.417 bits per heavy atom. The van der Waals surface area contributed by atoms with Crippen molar-refractivity contribution in [3.05, 3.63) is 181 Å². The number of para-hydroxylation sites is 5. The Hall–Kier alpha value is -6.88. The summed E-state index contributed by atoms with van der Waals surface area (Å²) in [5.41, 5.74) is 10.7. The summed E-state index contributed by atoms with van der Waals surface area (Å²) in [6.07, 6.45) is 0. The highest BCUT2D eigenvalue weighted by Crippen LogP contribution is 2.48. The third-order valence-electron chi connectivity index (χ3n) is 9.38. The molecule has 9 aromatic rings. The molecule has 4 heteroatoms. The summed E-state index contributed by atoms with van der Waals surface area (Å²) in [5.74, 6) is 0. The van der Waals surface area contributed by atoms with Crippen LogP contribution in [0.2, 0.25) is 0 Å². The van der Waals surface area contributed by atoms with Crippen LogP contribution in [-0.2, 0) is 0 Å². The van der Waals surface area contributed by atoms with E-state index in [2.05, 4.69) is 152 Å². The van der Waals surface area contributed by atoms with Gasteiger partial charge in [0, 0.05) is 27.2 Å². The highest BCUT2D eigenvalue weighted by molar-refractivity contribution is 6.11. The quantitative estimate of drug-likeness (QED) is 0.177. The summed E-state index contributed by atoms with van der Waals surface area (Å²) in [7, 11) is 0. The summed E-state index contributed by atoms with van der Waals surface area (Å²) in [4.78, 5) is 7.83. The molecule has 4 nitrogen and oxygen atoms in total. The van der Waals surface area contributed by atoms with Crippen molar-refractivity contribution in [2.75, 3.05) is 0 Å². The number of rotatable bonds is 4. The van der Waals surface area contributed by atoms with Crippen LogP contribution in [-0.4, -0.2) is 9.13 Å². The Kier molecular flexibility index (Phi) is 6.22. The topological polar surface area (TPSA) is 18.6 Å². The van der Waals surface area contributed by atoms with Gasteiger partial charge in [0.1, 0.15) is 0 Å². The van der Waals surface area contributed by atoms with Crippen molar-refractivity contribution in [3.63, 3.8) is 0 Å². The molecule has 0 bridgehead atoms. The Labute approximate surface area is 277 Å². The highest BCUT2D eigenvalue weighted by atomic mass is 15.0. The summed E-state index contributed by atoms with van der Waals surface area (Å²) in [5, 5.41) is 4.75. The van der Waals surface area contributed by atoms with Crippen molar-refractivity contribution in [3.8, 4) is 33.6 Å². The van der Waals surface area contributed by atoms with Crippen molar-refractivity contribution < 1.29 is 0 Å². The molecule has 0 radical (unpaired) electrons. The van der Waals surface area contributed by atoms with Crippen LogP contribution in [0.25, 0.3) is 86.9 Å². The average Bonchev–Trinajstić information content (AvgIpc) is 3.67. The van der Waals surface area contributed by atoms with E-state index in [1.807, 2.05) is 18.2 Å². The second-order valence-electron chi connectivity index (χ2n) is 11.9. The van der Waals surface area contributed by atoms with Gasteiger partial charge in [0.05, 0.1) is 40.9 Å². The van der Waals surface area contributed by atoms with Gasteiger partial charge < -0.3 is 9.13 Å². The van der Waals surface area contributed by atoms with Crippen LogP contribution in [0.5, 0.6) is 0 Å². The van der Waals surface area contributed by atoms with Gasteiger partial charge in [-0.25, -0.2) is 4.85 Å². The van der Waals surface area contributed by atoms with Crippen LogP contribution in [0.1, 0.15) is 0 Å². The van der Waals surface area contributed by atoms with Crippen LogP contribution >= 0.6 is 0 Å². The first-order valence-electron chi connectivity index (χ1n) is 15.9. The van der Waals surface area contributed by atoms with Gasteiger partial charge in [-0.15, -0.1) is 0 Å². The highest BCUT2D eigenvalue weighted by Gasteiger charge is 2.22. The van der Waals surface area contributed by atoms with E-state index < -0.39 is 0 Å². The van der Waals surface area contributed by atoms with Crippen LogP contribution in [0, 0.1) is 13.1 Å². The van der Waals surface area contributed by atoms with E-state index in [1.165, 1.54) is 21.5 Å². The van der Waals surface area contributed by atoms with Crippen LogP contribution in [0.4, 0.5) is 11.4 Å². The van der Waals surface area contributed by atoms with Gasteiger partial charge in [-0.3, -0.25) is 4.85 Å². The molecule has 48 heavy (non-hydrogen) atoms. The fraction of sp³-hybridized carbons (Fsp3) is 0. The Morgan fingerprint density at radius 3 is 1.50 bits per heavy atom. The molecular weight excluding hydrogens is 585 g/mol. The van der Waals surface area contributed by atoms with E-state index in [0.717, 1.165) is 55.7 Å². The molecule has 0 saturated heterocycles. The molecule has 222 valence electrons. The zero-order chi connectivity index (χ0) is 32.2. The first kappa shape index (κ1) is 27.4. The third-order valence-corrected chi connectivity index (χ3v) is 9.38. The minimum absolute atomic E-state index is 0.347. The smallest absolute Gasteiger partial charge is 0.202 e. The molecule has 0 aliphatic carbocycles. The van der Waals surface area contributed by atoms with Crippen molar-refractivity contribution >= 4 is 55.0 Å². The number of hydrogen-bond acceptors (Lipinski definition) is 0. The largest absolute Gasteiger partial charge is 0.309 e. The summed E-state index contributed by atoms with van der Waals surface area (Å²) in [6, 6.07) is 54.5. The maximum absolute atomic E-state index is 8.35. The third kappa shape index (κ3) is 4.01. The summed E-state index contributed by atoms with van der Waals surface area (Å²) in [6.45, 7) is 16.3. The SMILES string of the molecule is [C-]#[N+]c1ccc(-c2cccc(-n3c4ccccc4c4ccccc43)c2)c(-c2ccccc2-n2c3ccccc3c3ccccc32)c1[N+]#[C-]. The normalized spacial score (nSPS) is 11.3. The van der Waals surface area contributed by atoms with Crippen molar-refractivity contribution in [1.29, 1.82) is 0 Å². The minimum Gasteiger partial charge on any atom is -0.309 e. The molecule has 0 fully saturated rings. The van der Waals surface area contributed by atoms with E-state index >= 15 is 0 Å². The lowest BCUT2D eigenvalue weighted by molar-refractivity contribution is 1.18. The summed E-state index contributed by atoms with van der Waals surface area (Å²) < 4.78 is 4.60.